The molecule has 0 saturated carbocycles. The van der Waals surface area contributed by atoms with Gasteiger partial charge in [-0.3, -0.25) is 9.59 Å². The molecule has 0 aliphatic heterocycles. The quantitative estimate of drug-likeness (QED) is 0.688. The van der Waals surface area contributed by atoms with Crippen molar-refractivity contribution in [3.63, 3.8) is 0 Å². The normalized spacial score (nSPS) is 10.5. The van der Waals surface area contributed by atoms with Crippen molar-refractivity contribution in [1.82, 2.24) is 20.2 Å². The lowest BCUT2D eigenvalue weighted by molar-refractivity contribution is -0.116. The first-order chi connectivity index (χ1) is 12.5. The summed E-state index contributed by atoms with van der Waals surface area (Å²) in [6.45, 7) is 1.72. The number of aryl methyl sites for hydroxylation is 1. The maximum Gasteiger partial charge on any atom is 0.226 e. The van der Waals surface area contributed by atoms with E-state index in [1.165, 1.54) is 23.9 Å². The van der Waals surface area contributed by atoms with E-state index in [-0.39, 0.29) is 30.5 Å². The van der Waals surface area contributed by atoms with Crippen LogP contribution >= 0.6 is 0 Å². The fourth-order valence-corrected chi connectivity index (χ4v) is 2.29. The van der Waals surface area contributed by atoms with Crippen LogP contribution in [0.3, 0.4) is 0 Å². The summed E-state index contributed by atoms with van der Waals surface area (Å²) in [5, 5.41) is 14.6. The molecule has 0 bridgehead atoms. The van der Waals surface area contributed by atoms with Crippen LogP contribution in [0.2, 0.25) is 0 Å². The van der Waals surface area contributed by atoms with Crippen molar-refractivity contribution in [3.8, 4) is 11.4 Å². The van der Waals surface area contributed by atoms with Gasteiger partial charge in [0.15, 0.2) is 5.78 Å². The summed E-state index contributed by atoms with van der Waals surface area (Å²) in [5.74, 6) is -0.335. The van der Waals surface area contributed by atoms with Crippen LogP contribution in [0.4, 0.5) is 10.1 Å². The summed E-state index contributed by atoms with van der Waals surface area (Å²) in [4.78, 5) is 24.5. The van der Waals surface area contributed by atoms with Gasteiger partial charge in [0.25, 0.3) is 0 Å². The number of nitrogens with one attached hydrogen (secondary N) is 1. The molecule has 132 valence electrons. The van der Waals surface area contributed by atoms with Gasteiger partial charge in [-0.2, -0.15) is 4.80 Å². The minimum Gasteiger partial charge on any atom is -0.326 e. The van der Waals surface area contributed by atoms with E-state index < -0.39 is 0 Å². The van der Waals surface area contributed by atoms with Crippen molar-refractivity contribution in [3.05, 3.63) is 59.9 Å². The predicted octanol–water partition coefficient (Wildman–Crippen LogP) is 2.71. The summed E-state index contributed by atoms with van der Waals surface area (Å²) in [5.41, 5.74) is 1.71. The van der Waals surface area contributed by atoms with Crippen LogP contribution in [0.5, 0.6) is 0 Å². The largest absolute Gasteiger partial charge is 0.326 e. The van der Waals surface area contributed by atoms with E-state index in [2.05, 4.69) is 20.7 Å². The number of nitrogens with zero attached hydrogens (tertiary/aromatic N) is 4. The highest BCUT2D eigenvalue weighted by molar-refractivity contribution is 5.95. The maximum absolute atomic E-state index is 13.2. The van der Waals surface area contributed by atoms with Crippen LogP contribution in [-0.4, -0.2) is 31.9 Å². The second-order valence-electron chi connectivity index (χ2n) is 5.65. The molecule has 0 aliphatic rings. The van der Waals surface area contributed by atoms with E-state index in [4.69, 9.17) is 0 Å². The number of amides is 1. The number of anilines is 1. The molecule has 1 N–H and O–H groups in total. The minimum atomic E-state index is -0.381. The standard InChI is InChI=1S/C18H16FN5O2/c1-12(25)13-5-7-16(8-6-13)20-17(26)9-10-24-22-18(21-23-24)14-3-2-4-15(19)11-14/h2-8,11H,9-10H2,1H3,(H,20,26). The molecule has 0 atom stereocenters. The third-order valence-corrected chi connectivity index (χ3v) is 3.65. The van der Waals surface area contributed by atoms with Crippen molar-refractivity contribution >= 4 is 17.4 Å². The van der Waals surface area contributed by atoms with Crippen molar-refractivity contribution in [1.29, 1.82) is 0 Å². The van der Waals surface area contributed by atoms with Crippen LogP contribution in [0.1, 0.15) is 23.7 Å². The molecule has 0 aliphatic carbocycles. The molecule has 3 aromatic rings. The molecule has 26 heavy (non-hydrogen) atoms. The van der Waals surface area contributed by atoms with Crippen LogP contribution in [0, 0.1) is 5.82 Å². The Bertz CT molecular complexity index is 937. The fraction of sp³-hybridized carbons (Fsp3) is 0.167. The molecule has 7 nitrogen and oxygen atoms in total. The van der Waals surface area contributed by atoms with Gasteiger partial charge in [-0.15, -0.1) is 10.2 Å². The lowest BCUT2D eigenvalue weighted by Crippen LogP contribution is -2.15. The van der Waals surface area contributed by atoms with Crippen LogP contribution < -0.4 is 5.32 Å². The van der Waals surface area contributed by atoms with E-state index in [0.29, 0.717) is 22.6 Å². The van der Waals surface area contributed by atoms with Crippen LogP contribution in [-0.2, 0) is 11.3 Å². The van der Waals surface area contributed by atoms with Gasteiger partial charge in [0.1, 0.15) is 5.82 Å². The minimum absolute atomic E-state index is 0.0331. The highest BCUT2D eigenvalue weighted by Gasteiger charge is 2.09. The van der Waals surface area contributed by atoms with Crippen molar-refractivity contribution in [2.24, 2.45) is 0 Å². The van der Waals surface area contributed by atoms with E-state index in [1.54, 1.807) is 36.4 Å². The molecule has 0 saturated heterocycles. The third kappa shape index (κ3) is 4.35. The van der Waals surface area contributed by atoms with E-state index in [9.17, 15) is 14.0 Å². The molecule has 1 heterocycles. The van der Waals surface area contributed by atoms with Crippen LogP contribution in [0.15, 0.2) is 48.5 Å². The topological polar surface area (TPSA) is 89.8 Å². The number of rotatable bonds is 6. The molecule has 1 aromatic heterocycles. The monoisotopic (exact) mass is 353 g/mol. The zero-order chi connectivity index (χ0) is 18.5. The van der Waals surface area contributed by atoms with Crippen molar-refractivity contribution in [2.75, 3.05) is 5.32 Å². The first kappa shape index (κ1) is 17.4. The first-order valence-electron chi connectivity index (χ1n) is 7.96. The van der Waals surface area contributed by atoms with Gasteiger partial charge in [0, 0.05) is 23.2 Å². The SMILES string of the molecule is CC(=O)c1ccc(NC(=O)CCn2nnc(-c3cccc(F)c3)n2)cc1. The zero-order valence-corrected chi connectivity index (χ0v) is 14.0. The van der Waals surface area contributed by atoms with Gasteiger partial charge in [0.05, 0.1) is 6.54 Å². The average Bonchev–Trinajstić information content (AvgIpc) is 3.09. The Balaban J connectivity index is 1.55. The average molecular weight is 353 g/mol. The fourth-order valence-electron chi connectivity index (χ4n) is 2.29. The number of carbonyl (C=O) groups is 2. The smallest absolute Gasteiger partial charge is 0.226 e. The predicted molar refractivity (Wildman–Crippen MR) is 92.9 cm³/mol. The number of benzene rings is 2. The van der Waals surface area contributed by atoms with Gasteiger partial charge in [0.2, 0.25) is 11.7 Å². The number of hydrogen-bond donors (Lipinski definition) is 1. The number of aromatic nitrogens is 4. The summed E-state index contributed by atoms with van der Waals surface area (Å²) in [7, 11) is 0. The summed E-state index contributed by atoms with van der Waals surface area (Å²) < 4.78 is 13.2. The number of ketones is 1. The lowest BCUT2D eigenvalue weighted by atomic mass is 10.1. The maximum atomic E-state index is 13.2. The molecule has 3 rings (SSSR count). The highest BCUT2D eigenvalue weighted by Crippen LogP contribution is 2.14. The van der Waals surface area contributed by atoms with Gasteiger partial charge < -0.3 is 5.32 Å². The molecular formula is C18H16FN5O2. The molecule has 1 amide bonds. The molecule has 0 radical (unpaired) electrons. The summed E-state index contributed by atoms with van der Waals surface area (Å²) >= 11 is 0. The summed E-state index contributed by atoms with van der Waals surface area (Å²) in [6, 6.07) is 12.6. The number of hydrogen-bond acceptors (Lipinski definition) is 5. The lowest BCUT2D eigenvalue weighted by Gasteiger charge is -2.05. The third-order valence-electron chi connectivity index (χ3n) is 3.65. The van der Waals surface area contributed by atoms with Crippen LogP contribution in [0.25, 0.3) is 11.4 Å². The number of tetrazole rings is 1. The summed E-state index contributed by atoms with van der Waals surface area (Å²) in [6.07, 6.45) is 0.146. The number of carbonyl (C=O) groups excluding carboxylic acids is 2. The Morgan fingerprint density at radius 2 is 1.92 bits per heavy atom. The van der Waals surface area contributed by atoms with Gasteiger partial charge >= 0.3 is 0 Å². The van der Waals surface area contributed by atoms with Crippen molar-refractivity contribution in [2.45, 2.75) is 19.9 Å². The van der Waals surface area contributed by atoms with Gasteiger partial charge in [-0.25, -0.2) is 4.39 Å². The Kier molecular flexibility index (Phi) is 5.12. The number of halogens is 1. The van der Waals surface area contributed by atoms with Gasteiger partial charge in [-0.1, -0.05) is 12.1 Å². The molecule has 0 unspecified atom stereocenters. The molecule has 0 spiro atoms. The second-order valence-corrected chi connectivity index (χ2v) is 5.65. The van der Waals surface area contributed by atoms with Crippen molar-refractivity contribution < 1.29 is 14.0 Å². The molecule has 8 heteroatoms. The Morgan fingerprint density at radius 1 is 1.15 bits per heavy atom. The second kappa shape index (κ2) is 7.64. The Labute approximate surface area is 148 Å². The zero-order valence-electron chi connectivity index (χ0n) is 14.0. The molecule has 0 fully saturated rings. The molecule has 2 aromatic carbocycles. The van der Waals surface area contributed by atoms with E-state index >= 15 is 0 Å². The Hall–Kier alpha value is -3.42. The molecular weight excluding hydrogens is 337 g/mol. The first-order valence-corrected chi connectivity index (χ1v) is 7.96. The van der Waals surface area contributed by atoms with E-state index in [1.807, 2.05) is 0 Å². The van der Waals surface area contributed by atoms with E-state index in [0.717, 1.165) is 0 Å². The van der Waals surface area contributed by atoms with Gasteiger partial charge in [-0.05, 0) is 48.5 Å². The number of Topliss-reactive ketones (excluding diaryl/α,β-unsaturated/α-hetero) is 1. The highest BCUT2D eigenvalue weighted by atomic mass is 19.1. The Morgan fingerprint density at radius 3 is 2.62 bits per heavy atom.